The molecule has 8 heteroatoms. The van der Waals surface area contributed by atoms with Crippen molar-refractivity contribution in [3.8, 4) is 0 Å². The van der Waals surface area contributed by atoms with Crippen LogP contribution in [-0.2, 0) is 10.0 Å². The van der Waals surface area contributed by atoms with Crippen LogP contribution < -0.4 is 4.90 Å². The molecule has 3 rings (SSSR count). The lowest BCUT2D eigenvalue weighted by Gasteiger charge is -2.26. The van der Waals surface area contributed by atoms with E-state index in [9.17, 15) is 12.8 Å². The lowest BCUT2D eigenvalue weighted by Crippen LogP contribution is -2.30. The van der Waals surface area contributed by atoms with E-state index in [1.165, 1.54) is 22.6 Å². The van der Waals surface area contributed by atoms with Crippen LogP contribution in [0.2, 0.25) is 5.02 Å². The first-order valence-corrected chi connectivity index (χ1v) is 9.05. The largest absolute Gasteiger partial charge is 0.348 e. The summed E-state index contributed by atoms with van der Waals surface area (Å²) in [5, 5.41) is 0.231. The Bertz CT molecular complexity index is 702. The van der Waals surface area contributed by atoms with Gasteiger partial charge in [-0.3, -0.25) is 0 Å². The van der Waals surface area contributed by atoms with Gasteiger partial charge in [-0.1, -0.05) is 11.6 Å². The zero-order chi connectivity index (χ0) is 15.7. The zero-order valence-electron chi connectivity index (χ0n) is 12.0. The molecule has 0 spiro atoms. The number of hydrogen-bond donors (Lipinski definition) is 0. The first kappa shape index (κ1) is 15.7. The number of pyridine rings is 1. The van der Waals surface area contributed by atoms with E-state index in [0.29, 0.717) is 31.9 Å². The van der Waals surface area contributed by atoms with Crippen LogP contribution in [0.1, 0.15) is 19.3 Å². The fourth-order valence-electron chi connectivity index (χ4n) is 2.75. The van der Waals surface area contributed by atoms with Gasteiger partial charge in [0.25, 0.3) is 0 Å². The Kier molecular flexibility index (Phi) is 4.38. The number of halogens is 2. The number of sulfonamides is 1. The average Bonchev–Trinajstić information content (AvgIpc) is 3.02. The summed E-state index contributed by atoms with van der Waals surface area (Å²) in [7, 11) is -3.54. The van der Waals surface area contributed by atoms with Crippen LogP contribution in [0.25, 0.3) is 0 Å². The molecule has 1 fully saturated rings. The second kappa shape index (κ2) is 6.14. The summed E-state index contributed by atoms with van der Waals surface area (Å²) in [6.07, 6.45) is 5.18. The predicted octanol–water partition coefficient (Wildman–Crippen LogP) is 2.58. The molecular weight excluding hydrogens is 329 g/mol. The second-order valence-corrected chi connectivity index (χ2v) is 7.79. The Balaban J connectivity index is 1.87. The molecule has 5 nitrogen and oxygen atoms in total. The number of nitrogens with zero attached hydrogens (tertiary/aromatic N) is 3. The topological polar surface area (TPSA) is 53.5 Å². The quantitative estimate of drug-likeness (QED) is 0.845. The van der Waals surface area contributed by atoms with Crippen LogP contribution in [0.3, 0.4) is 0 Å². The second-order valence-electron chi connectivity index (χ2n) is 5.45. The third-order valence-corrected chi connectivity index (χ3v) is 6.05. The molecule has 0 amide bonds. The first-order chi connectivity index (χ1) is 10.5. The van der Waals surface area contributed by atoms with Gasteiger partial charge in [-0.2, -0.15) is 4.31 Å². The number of rotatable bonds is 3. The Hall–Kier alpha value is -1.18. The molecule has 0 N–H and O–H groups in total. The highest BCUT2D eigenvalue weighted by molar-refractivity contribution is 7.89. The molecule has 1 saturated heterocycles. The molecule has 1 aromatic rings. The maximum absolute atomic E-state index is 13.4. The van der Waals surface area contributed by atoms with Gasteiger partial charge < -0.3 is 4.90 Å². The van der Waals surface area contributed by atoms with Crippen LogP contribution in [0, 0.1) is 0 Å². The fraction of sp³-hybridized carbons (Fsp3) is 0.500. The summed E-state index contributed by atoms with van der Waals surface area (Å²) in [5.74, 6) is 0.197. The molecule has 0 unspecified atom stereocenters. The molecule has 0 atom stereocenters. The van der Waals surface area contributed by atoms with Gasteiger partial charge in [0.05, 0.1) is 11.6 Å². The Morgan fingerprint density at radius 3 is 2.59 bits per heavy atom. The van der Waals surface area contributed by atoms with Gasteiger partial charge in [0.2, 0.25) is 10.0 Å². The van der Waals surface area contributed by atoms with E-state index in [-0.39, 0.29) is 22.3 Å². The summed E-state index contributed by atoms with van der Waals surface area (Å²) in [5.41, 5.74) is 0. The summed E-state index contributed by atoms with van der Waals surface area (Å²) in [6.45, 7) is 1.79. The maximum atomic E-state index is 13.4. The lowest BCUT2D eigenvalue weighted by atomic mass is 10.2. The number of anilines is 1. The van der Waals surface area contributed by atoms with Gasteiger partial charge in [0.15, 0.2) is 0 Å². The van der Waals surface area contributed by atoms with Crippen molar-refractivity contribution in [2.24, 2.45) is 0 Å². The van der Waals surface area contributed by atoms with Crippen molar-refractivity contribution in [2.45, 2.75) is 24.2 Å². The van der Waals surface area contributed by atoms with Crippen molar-refractivity contribution in [1.29, 1.82) is 0 Å². The van der Waals surface area contributed by atoms with Gasteiger partial charge in [0.1, 0.15) is 16.5 Å². The zero-order valence-corrected chi connectivity index (χ0v) is 13.6. The van der Waals surface area contributed by atoms with Gasteiger partial charge >= 0.3 is 0 Å². The maximum Gasteiger partial charge on any atom is 0.244 e. The van der Waals surface area contributed by atoms with E-state index in [2.05, 4.69) is 4.98 Å². The standard InChI is InChI=1S/C14H17ClFN3O2S/c15-13-8-12(22(20,21)19-6-1-2-7-19)9-17-14(13)18-5-3-4-11(16)10-18/h4,8-9H,1-3,5-7,10H2. The van der Waals surface area contributed by atoms with Crippen LogP contribution in [0.4, 0.5) is 10.2 Å². The molecule has 0 saturated carbocycles. The van der Waals surface area contributed by atoms with Gasteiger partial charge in [-0.15, -0.1) is 0 Å². The molecule has 22 heavy (non-hydrogen) atoms. The highest BCUT2D eigenvalue weighted by Crippen LogP contribution is 2.30. The minimum Gasteiger partial charge on any atom is -0.348 e. The van der Waals surface area contributed by atoms with E-state index in [4.69, 9.17) is 11.6 Å². The third-order valence-electron chi connectivity index (χ3n) is 3.91. The van der Waals surface area contributed by atoms with Crippen molar-refractivity contribution in [1.82, 2.24) is 9.29 Å². The van der Waals surface area contributed by atoms with E-state index < -0.39 is 10.0 Å². The SMILES string of the molecule is O=S(=O)(c1cnc(N2CCC=C(F)C2)c(Cl)c1)N1CCCC1. The van der Waals surface area contributed by atoms with Crippen molar-refractivity contribution >= 4 is 27.4 Å². The number of hydrogen-bond acceptors (Lipinski definition) is 4. The monoisotopic (exact) mass is 345 g/mol. The normalized spacial score (nSPS) is 20.3. The van der Waals surface area contributed by atoms with E-state index in [0.717, 1.165) is 12.8 Å². The highest BCUT2D eigenvalue weighted by Gasteiger charge is 2.28. The molecule has 120 valence electrons. The summed E-state index contributed by atoms with van der Waals surface area (Å²) >= 11 is 6.19. The smallest absolute Gasteiger partial charge is 0.244 e. The van der Waals surface area contributed by atoms with Crippen LogP contribution in [0.5, 0.6) is 0 Å². The molecule has 3 heterocycles. The van der Waals surface area contributed by atoms with Crippen molar-refractivity contribution in [2.75, 3.05) is 31.1 Å². The fourth-order valence-corrected chi connectivity index (χ4v) is 4.59. The summed E-state index contributed by atoms with van der Waals surface area (Å²) < 4.78 is 39.8. The molecule has 0 bridgehead atoms. The molecule has 2 aliphatic rings. The minimum absolute atomic E-state index is 0.0937. The molecule has 1 aromatic heterocycles. The molecular formula is C14H17ClFN3O2S. The Morgan fingerprint density at radius 1 is 1.23 bits per heavy atom. The van der Waals surface area contributed by atoms with Gasteiger partial charge in [-0.05, 0) is 31.4 Å². The van der Waals surface area contributed by atoms with Crippen LogP contribution in [-0.4, -0.2) is 43.9 Å². The predicted molar refractivity (Wildman–Crippen MR) is 83.3 cm³/mol. The molecule has 0 aliphatic carbocycles. The minimum atomic E-state index is -3.54. The highest BCUT2D eigenvalue weighted by atomic mass is 35.5. The van der Waals surface area contributed by atoms with Crippen molar-refractivity contribution in [3.05, 3.63) is 29.2 Å². The molecule has 0 aromatic carbocycles. The molecule has 0 radical (unpaired) electrons. The van der Waals surface area contributed by atoms with E-state index in [1.54, 1.807) is 4.90 Å². The van der Waals surface area contributed by atoms with Crippen LogP contribution in [0.15, 0.2) is 29.1 Å². The van der Waals surface area contributed by atoms with Gasteiger partial charge in [-0.25, -0.2) is 17.8 Å². The van der Waals surface area contributed by atoms with E-state index in [1.807, 2.05) is 0 Å². The number of aromatic nitrogens is 1. The summed E-state index contributed by atoms with van der Waals surface area (Å²) in [6, 6.07) is 1.41. The third kappa shape index (κ3) is 2.98. The first-order valence-electron chi connectivity index (χ1n) is 7.23. The van der Waals surface area contributed by atoms with Crippen molar-refractivity contribution in [3.63, 3.8) is 0 Å². The van der Waals surface area contributed by atoms with E-state index >= 15 is 0 Å². The lowest BCUT2D eigenvalue weighted by molar-refractivity contribution is 0.477. The van der Waals surface area contributed by atoms with Gasteiger partial charge in [0, 0.05) is 25.8 Å². The average molecular weight is 346 g/mol. The molecule has 2 aliphatic heterocycles. The Labute approximate surface area is 134 Å². The van der Waals surface area contributed by atoms with Crippen molar-refractivity contribution < 1.29 is 12.8 Å². The Morgan fingerprint density at radius 2 is 1.95 bits per heavy atom. The van der Waals surface area contributed by atoms with Crippen LogP contribution >= 0.6 is 11.6 Å². The summed E-state index contributed by atoms with van der Waals surface area (Å²) in [4.78, 5) is 5.97.